The van der Waals surface area contributed by atoms with Gasteiger partial charge in [-0.2, -0.15) is 0 Å². The number of aryl methyl sites for hydroxylation is 1. The van der Waals surface area contributed by atoms with Gasteiger partial charge in [0.1, 0.15) is 5.69 Å². The van der Waals surface area contributed by atoms with Crippen LogP contribution in [0.1, 0.15) is 27.3 Å². The van der Waals surface area contributed by atoms with Gasteiger partial charge in [0.2, 0.25) is 0 Å². The van der Waals surface area contributed by atoms with Crippen LogP contribution in [-0.4, -0.2) is 16.1 Å². The van der Waals surface area contributed by atoms with Crippen molar-refractivity contribution in [2.75, 3.05) is 0 Å². The van der Waals surface area contributed by atoms with E-state index in [0.717, 1.165) is 11.1 Å². The zero-order valence-corrected chi connectivity index (χ0v) is 10.00. The lowest BCUT2D eigenvalue weighted by Crippen LogP contribution is -2.01. The first-order chi connectivity index (χ1) is 8.65. The molecular formula is C15H13NO2. The molecule has 0 saturated carbocycles. The molecule has 0 saturated heterocycles. The van der Waals surface area contributed by atoms with Crippen LogP contribution >= 0.6 is 0 Å². The van der Waals surface area contributed by atoms with E-state index in [9.17, 15) is 4.79 Å². The Morgan fingerprint density at radius 2 is 1.89 bits per heavy atom. The van der Waals surface area contributed by atoms with E-state index in [4.69, 9.17) is 5.11 Å². The van der Waals surface area contributed by atoms with Crippen LogP contribution in [-0.2, 0) is 0 Å². The molecule has 0 spiro atoms. The Kier molecular flexibility index (Phi) is 3.53. The number of carboxylic acids is 1. The topological polar surface area (TPSA) is 50.2 Å². The number of aromatic carboxylic acids is 1. The maximum absolute atomic E-state index is 10.9. The third-order valence-corrected chi connectivity index (χ3v) is 2.45. The second-order valence-electron chi connectivity index (χ2n) is 4.00. The summed E-state index contributed by atoms with van der Waals surface area (Å²) in [5.41, 5.74) is 2.66. The van der Waals surface area contributed by atoms with E-state index in [0.29, 0.717) is 5.69 Å². The lowest BCUT2D eigenvalue weighted by atomic mass is 10.1. The average molecular weight is 239 g/mol. The number of benzene rings is 1. The molecule has 90 valence electrons. The summed E-state index contributed by atoms with van der Waals surface area (Å²) in [4.78, 5) is 15.0. The maximum Gasteiger partial charge on any atom is 0.354 e. The lowest BCUT2D eigenvalue weighted by molar-refractivity contribution is 0.0690. The van der Waals surface area contributed by atoms with Gasteiger partial charge in [-0.15, -0.1) is 0 Å². The summed E-state index contributed by atoms with van der Waals surface area (Å²) in [6, 6.07) is 13.2. The Bertz CT molecular complexity index is 589. The Morgan fingerprint density at radius 1 is 1.17 bits per heavy atom. The Balaban J connectivity index is 2.29. The summed E-state index contributed by atoms with van der Waals surface area (Å²) in [5.74, 6) is -1.01. The quantitative estimate of drug-likeness (QED) is 0.894. The van der Waals surface area contributed by atoms with Gasteiger partial charge in [-0.1, -0.05) is 36.4 Å². The number of pyridine rings is 1. The summed E-state index contributed by atoms with van der Waals surface area (Å²) in [6.45, 7) is 1.86. The smallest absolute Gasteiger partial charge is 0.354 e. The second kappa shape index (κ2) is 5.27. The molecule has 1 aromatic heterocycles. The molecule has 0 atom stereocenters. The Hall–Kier alpha value is -2.42. The van der Waals surface area contributed by atoms with Crippen molar-refractivity contribution in [1.82, 2.24) is 4.98 Å². The molecule has 0 amide bonds. The summed E-state index contributed by atoms with van der Waals surface area (Å²) < 4.78 is 0. The molecule has 0 aliphatic carbocycles. The van der Waals surface area contributed by atoms with E-state index in [1.54, 1.807) is 6.07 Å². The molecule has 3 heteroatoms. The zero-order valence-electron chi connectivity index (χ0n) is 10.00. The van der Waals surface area contributed by atoms with Crippen molar-refractivity contribution in [2.45, 2.75) is 6.92 Å². The van der Waals surface area contributed by atoms with E-state index in [2.05, 4.69) is 4.98 Å². The van der Waals surface area contributed by atoms with Crippen LogP contribution in [0, 0.1) is 6.92 Å². The first-order valence-electron chi connectivity index (χ1n) is 5.60. The number of aromatic nitrogens is 1. The van der Waals surface area contributed by atoms with Gasteiger partial charge in [-0.05, 0) is 36.3 Å². The van der Waals surface area contributed by atoms with Crippen molar-refractivity contribution in [2.24, 2.45) is 0 Å². The van der Waals surface area contributed by atoms with E-state index in [1.807, 2.05) is 55.5 Å². The SMILES string of the molecule is Cc1cc(/C=C/c2ccccc2)nc(C(=O)O)c1. The molecule has 0 bridgehead atoms. The van der Waals surface area contributed by atoms with Crippen LogP contribution in [0.5, 0.6) is 0 Å². The second-order valence-corrected chi connectivity index (χ2v) is 4.00. The molecular weight excluding hydrogens is 226 g/mol. The molecule has 0 aliphatic rings. The molecule has 0 unspecified atom stereocenters. The highest BCUT2D eigenvalue weighted by Crippen LogP contribution is 2.10. The van der Waals surface area contributed by atoms with Gasteiger partial charge in [-0.25, -0.2) is 9.78 Å². The summed E-state index contributed by atoms with van der Waals surface area (Å²) >= 11 is 0. The Labute approximate surface area is 105 Å². The predicted molar refractivity (Wildman–Crippen MR) is 71.3 cm³/mol. The van der Waals surface area contributed by atoms with Crippen molar-refractivity contribution >= 4 is 18.1 Å². The summed E-state index contributed by atoms with van der Waals surface area (Å²) in [7, 11) is 0. The van der Waals surface area contributed by atoms with Crippen LogP contribution in [0.3, 0.4) is 0 Å². The van der Waals surface area contributed by atoms with Crippen molar-refractivity contribution in [3.8, 4) is 0 Å². The van der Waals surface area contributed by atoms with Crippen LogP contribution in [0.25, 0.3) is 12.2 Å². The third kappa shape index (κ3) is 3.04. The zero-order chi connectivity index (χ0) is 13.0. The molecule has 1 heterocycles. The number of carboxylic acid groups (broad SMARTS) is 1. The molecule has 2 aromatic rings. The number of nitrogens with zero attached hydrogens (tertiary/aromatic N) is 1. The number of carbonyl (C=O) groups is 1. The van der Waals surface area contributed by atoms with Gasteiger partial charge in [0.15, 0.2) is 0 Å². The highest BCUT2D eigenvalue weighted by atomic mass is 16.4. The number of hydrogen-bond donors (Lipinski definition) is 1. The molecule has 1 aromatic carbocycles. The molecule has 18 heavy (non-hydrogen) atoms. The van der Waals surface area contributed by atoms with Crippen molar-refractivity contribution in [3.05, 3.63) is 65.0 Å². The van der Waals surface area contributed by atoms with E-state index >= 15 is 0 Å². The largest absolute Gasteiger partial charge is 0.477 e. The fourth-order valence-corrected chi connectivity index (χ4v) is 1.63. The number of rotatable bonds is 3. The minimum absolute atomic E-state index is 0.0720. The van der Waals surface area contributed by atoms with E-state index in [1.165, 1.54) is 0 Å². The molecule has 0 fully saturated rings. The first-order valence-corrected chi connectivity index (χ1v) is 5.60. The predicted octanol–water partition coefficient (Wildman–Crippen LogP) is 3.26. The Morgan fingerprint density at radius 3 is 2.56 bits per heavy atom. The first kappa shape index (κ1) is 12.0. The monoisotopic (exact) mass is 239 g/mol. The fourth-order valence-electron chi connectivity index (χ4n) is 1.63. The van der Waals surface area contributed by atoms with Gasteiger partial charge < -0.3 is 5.11 Å². The van der Waals surface area contributed by atoms with Crippen molar-refractivity contribution < 1.29 is 9.90 Å². The molecule has 2 rings (SSSR count). The average Bonchev–Trinajstić information content (AvgIpc) is 2.37. The van der Waals surface area contributed by atoms with E-state index in [-0.39, 0.29) is 5.69 Å². The fraction of sp³-hybridized carbons (Fsp3) is 0.0667. The van der Waals surface area contributed by atoms with Crippen molar-refractivity contribution in [3.63, 3.8) is 0 Å². The standard InChI is InChI=1S/C15H13NO2/c1-11-9-13(16-14(10-11)15(17)18)8-7-12-5-3-2-4-6-12/h2-10H,1H3,(H,17,18)/b8-7+. The highest BCUT2D eigenvalue weighted by molar-refractivity contribution is 5.86. The van der Waals surface area contributed by atoms with Crippen LogP contribution < -0.4 is 0 Å². The summed E-state index contributed by atoms with van der Waals surface area (Å²) in [5, 5.41) is 8.93. The summed E-state index contributed by atoms with van der Waals surface area (Å²) in [6.07, 6.45) is 3.72. The minimum Gasteiger partial charge on any atom is -0.477 e. The molecule has 1 N–H and O–H groups in total. The van der Waals surface area contributed by atoms with Crippen LogP contribution in [0.15, 0.2) is 42.5 Å². The van der Waals surface area contributed by atoms with Gasteiger partial charge in [-0.3, -0.25) is 0 Å². The molecule has 0 radical (unpaired) electrons. The van der Waals surface area contributed by atoms with Crippen LogP contribution in [0.4, 0.5) is 0 Å². The van der Waals surface area contributed by atoms with Gasteiger partial charge >= 0.3 is 5.97 Å². The molecule has 0 aliphatic heterocycles. The third-order valence-electron chi connectivity index (χ3n) is 2.45. The van der Waals surface area contributed by atoms with Crippen LogP contribution in [0.2, 0.25) is 0 Å². The molecule has 3 nitrogen and oxygen atoms in total. The highest BCUT2D eigenvalue weighted by Gasteiger charge is 2.05. The minimum atomic E-state index is -1.01. The van der Waals surface area contributed by atoms with E-state index < -0.39 is 5.97 Å². The number of hydrogen-bond acceptors (Lipinski definition) is 2. The maximum atomic E-state index is 10.9. The van der Waals surface area contributed by atoms with Gasteiger partial charge in [0.25, 0.3) is 0 Å². The lowest BCUT2D eigenvalue weighted by Gasteiger charge is -2.00. The van der Waals surface area contributed by atoms with Gasteiger partial charge in [0, 0.05) is 0 Å². The van der Waals surface area contributed by atoms with Crippen molar-refractivity contribution in [1.29, 1.82) is 0 Å². The van der Waals surface area contributed by atoms with Gasteiger partial charge in [0.05, 0.1) is 5.69 Å². The normalized spacial score (nSPS) is 10.7.